The Hall–Kier alpha value is -4.00. The molecular weight excluding hydrogens is 434 g/mol. The highest BCUT2D eigenvalue weighted by atomic mass is 16.5. The quantitative estimate of drug-likeness (QED) is 0.299. The van der Waals surface area contributed by atoms with Gasteiger partial charge >= 0.3 is 5.97 Å². The minimum atomic E-state index is -1.02. The van der Waals surface area contributed by atoms with Crippen molar-refractivity contribution in [3.63, 3.8) is 0 Å². The average molecular weight is 459 g/mol. The number of rotatable bonds is 6. The molecule has 4 rings (SSSR count). The minimum absolute atomic E-state index is 0.00132. The molecule has 0 N–H and O–H groups in total. The molecular formula is C27H25NO6. The molecule has 0 bridgehead atoms. The van der Waals surface area contributed by atoms with Crippen LogP contribution in [0.25, 0.3) is 0 Å². The number of ketones is 1. The van der Waals surface area contributed by atoms with Gasteiger partial charge in [0, 0.05) is 5.56 Å². The van der Waals surface area contributed by atoms with E-state index >= 15 is 0 Å². The van der Waals surface area contributed by atoms with E-state index in [0.717, 1.165) is 10.5 Å². The number of carbonyl (C=O) groups is 4. The monoisotopic (exact) mass is 459 g/mol. The Kier molecular flexibility index (Phi) is 5.96. The molecule has 1 atom stereocenters. The summed E-state index contributed by atoms with van der Waals surface area (Å²) in [4.78, 5) is 51.9. The molecule has 2 heterocycles. The topological polar surface area (TPSA) is 93.9 Å². The molecule has 0 spiro atoms. The lowest BCUT2D eigenvalue weighted by Gasteiger charge is -2.19. The van der Waals surface area contributed by atoms with Crippen LogP contribution in [0.5, 0.6) is 0 Å². The van der Waals surface area contributed by atoms with Crippen molar-refractivity contribution in [3.05, 3.63) is 94.4 Å². The van der Waals surface area contributed by atoms with Crippen molar-refractivity contribution >= 4 is 23.6 Å². The molecule has 3 aromatic rings. The largest absolute Gasteiger partial charge is 0.467 e. The van der Waals surface area contributed by atoms with Crippen LogP contribution in [0.1, 0.15) is 80.5 Å². The number of nitrogens with zero attached hydrogens (tertiary/aromatic N) is 1. The predicted octanol–water partition coefficient (Wildman–Crippen LogP) is 4.80. The molecule has 0 saturated heterocycles. The van der Waals surface area contributed by atoms with Gasteiger partial charge in [-0.3, -0.25) is 19.3 Å². The molecule has 1 aromatic heterocycles. The van der Waals surface area contributed by atoms with Crippen LogP contribution in [0.2, 0.25) is 0 Å². The maximum atomic E-state index is 12.8. The molecule has 2 amide bonds. The Morgan fingerprint density at radius 3 is 2.21 bits per heavy atom. The van der Waals surface area contributed by atoms with E-state index in [2.05, 4.69) is 20.8 Å². The smallest absolute Gasteiger partial charge is 0.338 e. The van der Waals surface area contributed by atoms with Crippen molar-refractivity contribution in [2.75, 3.05) is 0 Å². The SMILES string of the molecule is C[C@H](OC(=O)c1ccc2c(c1)C(=O)N(Cc1ccco1)C2=O)C(=O)c1ccc(C(C)(C)C)cc1. The highest BCUT2D eigenvalue weighted by molar-refractivity contribution is 6.21. The van der Waals surface area contributed by atoms with Crippen LogP contribution in [0.4, 0.5) is 0 Å². The number of benzene rings is 2. The van der Waals surface area contributed by atoms with Gasteiger partial charge in [-0.2, -0.15) is 0 Å². The van der Waals surface area contributed by atoms with Crippen molar-refractivity contribution in [1.82, 2.24) is 4.90 Å². The number of esters is 1. The summed E-state index contributed by atoms with van der Waals surface area (Å²) in [5.74, 6) is -1.59. The fraction of sp³-hybridized carbons (Fsp3) is 0.259. The van der Waals surface area contributed by atoms with E-state index < -0.39 is 23.9 Å². The van der Waals surface area contributed by atoms with Crippen LogP contribution in [0, 0.1) is 0 Å². The fourth-order valence-electron chi connectivity index (χ4n) is 3.77. The summed E-state index contributed by atoms with van der Waals surface area (Å²) in [6.07, 6.45) is 0.442. The van der Waals surface area contributed by atoms with Crippen LogP contribution in [0.15, 0.2) is 65.3 Å². The highest BCUT2D eigenvalue weighted by Crippen LogP contribution is 2.27. The number of ether oxygens (including phenoxy) is 1. The van der Waals surface area contributed by atoms with E-state index in [1.165, 1.54) is 31.4 Å². The van der Waals surface area contributed by atoms with E-state index in [-0.39, 0.29) is 34.4 Å². The van der Waals surface area contributed by atoms with Crippen molar-refractivity contribution < 1.29 is 28.3 Å². The molecule has 1 aliphatic rings. The number of furan rings is 1. The third-order valence-electron chi connectivity index (χ3n) is 5.79. The number of carbonyl (C=O) groups excluding carboxylic acids is 4. The van der Waals surface area contributed by atoms with Gasteiger partial charge in [-0.05, 0) is 48.2 Å². The summed E-state index contributed by atoms with van der Waals surface area (Å²) in [5, 5.41) is 0. The first-order valence-corrected chi connectivity index (χ1v) is 10.9. The Morgan fingerprint density at radius 1 is 0.941 bits per heavy atom. The molecule has 34 heavy (non-hydrogen) atoms. The number of hydrogen-bond acceptors (Lipinski definition) is 6. The Bertz CT molecular complexity index is 1270. The van der Waals surface area contributed by atoms with Gasteiger partial charge in [0.25, 0.3) is 11.8 Å². The first-order chi connectivity index (χ1) is 16.1. The van der Waals surface area contributed by atoms with Crippen LogP contribution in [-0.4, -0.2) is 34.6 Å². The van der Waals surface area contributed by atoms with Gasteiger partial charge in [0.1, 0.15) is 5.76 Å². The van der Waals surface area contributed by atoms with Gasteiger partial charge in [-0.15, -0.1) is 0 Å². The number of Topliss-reactive ketones (excluding diaryl/α,β-unsaturated/α-hetero) is 1. The van der Waals surface area contributed by atoms with Gasteiger partial charge in [-0.25, -0.2) is 4.79 Å². The maximum absolute atomic E-state index is 12.8. The van der Waals surface area contributed by atoms with E-state index in [9.17, 15) is 19.2 Å². The fourth-order valence-corrected chi connectivity index (χ4v) is 3.77. The number of amides is 2. The highest BCUT2D eigenvalue weighted by Gasteiger charge is 2.36. The number of imide groups is 1. The van der Waals surface area contributed by atoms with Crippen LogP contribution >= 0.6 is 0 Å². The second-order valence-corrected chi connectivity index (χ2v) is 9.28. The van der Waals surface area contributed by atoms with Crippen molar-refractivity contribution in [2.24, 2.45) is 0 Å². The van der Waals surface area contributed by atoms with Crippen LogP contribution in [0.3, 0.4) is 0 Å². The lowest BCUT2D eigenvalue weighted by atomic mass is 9.86. The van der Waals surface area contributed by atoms with Crippen LogP contribution in [-0.2, 0) is 16.7 Å². The molecule has 2 aromatic carbocycles. The van der Waals surface area contributed by atoms with Crippen molar-refractivity contribution in [1.29, 1.82) is 0 Å². The second kappa shape index (κ2) is 8.74. The lowest BCUT2D eigenvalue weighted by Crippen LogP contribution is -2.28. The molecule has 7 heteroatoms. The Labute approximate surface area is 197 Å². The number of fused-ring (bicyclic) bond motifs is 1. The number of hydrogen-bond donors (Lipinski definition) is 0. The maximum Gasteiger partial charge on any atom is 0.338 e. The van der Waals surface area contributed by atoms with Crippen molar-refractivity contribution in [2.45, 2.75) is 45.8 Å². The van der Waals surface area contributed by atoms with Crippen molar-refractivity contribution in [3.8, 4) is 0 Å². The molecule has 1 aliphatic heterocycles. The summed E-state index contributed by atoms with van der Waals surface area (Å²) in [6.45, 7) is 7.75. The summed E-state index contributed by atoms with van der Waals surface area (Å²) in [6, 6.07) is 14.7. The van der Waals surface area contributed by atoms with Crippen LogP contribution < -0.4 is 0 Å². The van der Waals surface area contributed by atoms with E-state index in [4.69, 9.17) is 9.15 Å². The molecule has 0 fully saturated rings. The molecule has 0 radical (unpaired) electrons. The average Bonchev–Trinajstić information content (AvgIpc) is 3.40. The lowest BCUT2D eigenvalue weighted by molar-refractivity contribution is 0.0318. The molecule has 7 nitrogen and oxygen atoms in total. The minimum Gasteiger partial charge on any atom is -0.467 e. The summed E-state index contributed by atoms with van der Waals surface area (Å²) in [7, 11) is 0. The first-order valence-electron chi connectivity index (χ1n) is 10.9. The van der Waals surface area contributed by atoms with Gasteiger partial charge in [-0.1, -0.05) is 45.0 Å². The molecule has 174 valence electrons. The van der Waals surface area contributed by atoms with Gasteiger partial charge in [0.15, 0.2) is 6.10 Å². The Balaban J connectivity index is 1.46. The third kappa shape index (κ3) is 4.41. The van der Waals surface area contributed by atoms with Gasteiger partial charge in [0.2, 0.25) is 5.78 Å². The zero-order valence-electron chi connectivity index (χ0n) is 19.5. The van der Waals surface area contributed by atoms with Gasteiger partial charge < -0.3 is 9.15 Å². The zero-order valence-corrected chi connectivity index (χ0v) is 19.5. The van der Waals surface area contributed by atoms with E-state index in [0.29, 0.717) is 11.3 Å². The van der Waals surface area contributed by atoms with E-state index in [1.807, 2.05) is 12.1 Å². The predicted molar refractivity (Wildman–Crippen MR) is 124 cm³/mol. The zero-order chi connectivity index (χ0) is 24.6. The molecule has 0 aliphatic carbocycles. The van der Waals surface area contributed by atoms with Gasteiger partial charge in [0.05, 0.1) is 29.5 Å². The summed E-state index contributed by atoms with van der Waals surface area (Å²) in [5.41, 5.74) is 1.89. The second-order valence-electron chi connectivity index (χ2n) is 9.28. The summed E-state index contributed by atoms with van der Waals surface area (Å²) < 4.78 is 10.6. The summed E-state index contributed by atoms with van der Waals surface area (Å²) >= 11 is 0. The molecule has 0 unspecified atom stereocenters. The molecule has 0 saturated carbocycles. The normalized spacial score (nSPS) is 14.2. The Morgan fingerprint density at radius 2 is 1.59 bits per heavy atom. The third-order valence-corrected chi connectivity index (χ3v) is 5.79. The van der Waals surface area contributed by atoms with E-state index in [1.54, 1.807) is 24.3 Å². The first kappa shape index (κ1) is 23.2. The standard InChI is InChI=1S/C27H25NO6/c1-16(23(29)17-7-10-19(11-8-17)27(2,3)4)34-26(32)18-9-12-21-22(14-18)25(31)28(24(21)30)15-20-6-5-13-33-20/h5-14,16H,15H2,1-4H3/t16-/m0/s1.